The highest BCUT2D eigenvalue weighted by Crippen LogP contribution is 2.58. The highest BCUT2D eigenvalue weighted by molar-refractivity contribution is 6.00. The molecule has 1 spiro atoms. The molecule has 1 aliphatic heterocycles. The molecule has 2 heterocycles. The minimum absolute atomic E-state index is 0.00920. The molecule has 0 amide bonds. The topological polar surface area (TPSA) is 47.6 Å². The molecule has 4 heteroatoms. The van der Waals surface area contributed by atoms with Crippen LogP contribution in [0.2, 0.25) is 0 Å². The van der Waals surface area contributed by atoms with Crippen LogP contribution in [0.15, 0.2) is 9.68 Å². The van der Waals surface area contributed by atoms with E-state index in [9.17, 15) is 0 Å². The van der Waals surface area contributed by atoms with Crippen LogP contribution in [-0.4, -0.2) is 16.5 Å². The Bertz CT molecular complexity index is 730. The number of fused-ring (bicyclic) bond motifs is 4. The summed E-state index contributed by atoms with van der Waals surface area (Å²) >= 11 is 0. The molecule has 4 rings (SSSR count). The molecule has 0 aromatic carbocycles. The monoisotopic (exact) mass is 358 g/mol. The zero-order chi connectivity index (χ0) is 18.9. The molecule has 0 saturated heterocycles. The highest BCUT2D eigenvalue weighted by atomic mass is 16.7. The van der Waals surface area contributed by atoms with Crippen molar-refractivity contribution in [3.8, 4) is 0 Å². The van der Waals surface area contributed by atoms with Crippen LogP contribution in [-0.2, 0) is 22.1 Å². The van der Waals surface area contributed by atoms with E-state index < -0.39 is 0 Å². The van der Waals surface area contributed by atoms with Gasteiger partial charge in [-0.3, -0.25) is 0 Å². The van der Waals surface area contributed by atoms with Crippen molar-refractivity contribution in [2.24, 2.45) is 22.9 Å². The lowest BCUT2D eigenvalue weighted by atomic mass is 9.65. The third kappa shape index (κ3) is 2.13. The van der Waals surface area contributed by atoms with Gasteiger partial charge in [0, 0.05) is 16.9 Å². The average Bonchev–Trinajstić information content (AvgIpc) is 3.21. The highest BCUT2D eigenvalue weighted by Gasteiger charge is 2.63. The van der Waals surface area contributed by atoms with Crippen LogP contribution in [0, 0.1) is 17.8 Å². The van der Waals surface area contributed by atoms with E-state index in [1.165, 1.54) is 23.4 Å². The molecule has 1 saturated carbocycles. The maximum absolute atomic E-state index is 6.28. The van der Waals surface area contributed by atoms with Gasteiger partial charge in [-0.25, -0.2) is 0 Å². The number of nitrogens with zero attached hydrogens (tertiary/aromatic N) is 2. The Balaban J connectivity index is 1.80. The SMILES string of the molecule is CC(C)C1(C(C)C)ON=C2[C@H]1CC[C@]21CCCc2c1noc2C(C)(C)C. The minimum Gasteiger partial charge on any atom is -0.388 e. The van der Waals surface area contributed by atoms with Crippen molar-refractivity contribution in [1.82, 2.24) is 5.16 Å². The molecule has 0 radical (unpaired) electrons. The lowest BCUT2D eigenvalue weighted by molar-refractivity contribution is -0.113. The normalized spacial score (nSPS) is 29.9. The lowest BCUT2D eigenvalue weighted by Gasteiger charge is -2.39. The van der Waals surface area contributed by atoms with Crippen molar-refractivity contribution in [2.45, 2.75) is 97.0 Å². The zero-order valence-corrected chi connectivity index (χ0v) is 17.5. The van der Waals surface area contributed by atoms with Gasteiger partial charge in [-0.05, 0) is 43.9 Å². The molecule has 0 N–H and O–H groups in total. The maximum Gasteiger partial charge on any atom is 0.150 e. The van der Waals surface area contributed by atoms with E-state index in [2.05, 4.69) is 53.6 Å². The molecular formula is C22H34N2O2. The quantitative estimate of drug-likeness (QED) is 0.712. The summed E-state index contributed by atoms with van der Waals surface area (Å²) in [6.07, 6.45) is 5.66. The number of rotatable bonds is 2. The summed E-state index contributed by atoms with van der Waals surface area (Å²) < 4.78 is 5.92. The first-order valence-electron chi connectivity index (χ1n) is 10.4. The van der Waals surface area contributed by atoms with E-state index in [0.717, 1.165) is 31.4 Å². The van der Waals surface area contributed by atoms with Crippen molar-refractivity contribution < 1.29 is 9.36 Å². The molecule has 2 aliphatic carbocycles. The summed E-state index contributed by atoms with van der Waals surface area (Å²) in [5, 5.41) is 9.42. The second-order valence-corrected chi connectivity index (χ2v) is 10.3. The van der Waals surface area contributed by atoms with Gasteiger partial charge in [-0.2, -0.15) is 0 Å². The third-order valence-electron chi connectivity index (χ3n) is 7.28. The van der Waals surface area contributed by atoms with Crippen LogP contribution in [0.3, 0.4) is 0 Å². The van der Waals surface area contributed by atoms with Crippen LogP contribution < -0.4 is 0 Å². The van der Waals surface area contributed by atoms with Gasteiger partial charge < -0.3 is 9.36 Å². The average molecular weight is 359 g/mol. The number of hydrogen-bond acceptors (Lipinski definition) is 4. The first-order valence-corrected chi connectivity index (χ1v) is 10.4. The molecular weight excluding hydrogens is 324 g/mol. The molecule has 144 valence electrons. The van der Waals surface area contributed by atoms with E-state index in [-0.39, 0.29) is 16.4 Å². The summed E-state index contributed by atoms with van der Waals surface area (Å²) in [7, 11) is 0. The van der Waals surface area contributed by atoms with E-state index in [4.69, 9.17) is 14.5 Å². The van der Waals surface area contributed by atoms with Gasteiger partial charge in [0.25, 0.3) is 0 Å². The molecule has 26 heavy (non-hydrogen) atoms. The molecule has 0 bridgehead atoms. The summed E-state index contributed by atoms with van der Waals surface area (Å²) in [6, 6.07) is 0. The van der Waals surface area contributed by atoms with Crippen molar-refractivity contribution in [1.29, 1.82) is 0 Å². The maximum atomic E-state index is 6.28. The van der Waals surface area contributed by atoms with E-state index in [0.29, 0.717) is 17.8 Å². The fourth-order valence-corrected chi connectivity index (χ4v) is 6.14. The number of aromatic nitrogens is 1. The third-order valence-corrected chi connectivity index (χ3v) is 7.28. The van der Waals surface area contributed by atoms with Crippen molar-refractivity contribution in [3.05, 3.63) is 17.0 Å². The van der Waals surface area contributed by atoms with Gasteiger partial charge in [0.1, 0.15) is 11.4 Å². The van der Waals surface area contributed by atoms with Gasteiger partial charge in [0.2, 0.25) is 0 Å². The standard InChI is InChI=1S/C22H34N2O2/c1-13(2)22(14(3)4)16-10-12-21(18(16)24-26-22)11-8-9-15-17(21)23-25-19(15)20(5,6)7/h13-14,16H,8-12H2,1-7H3/t16-,21+/m1/s1. The van der Waals surface area contributed by atoms with Gasteiger partial charge in [0.15, 0.2) is 0 Å². The number of hydrogen-bond donors (Lipinski definition) is 0. The van der Waals surface area contributed by atoms with Crippen molar-refractivity contribution in [3.63, 3.8) is 0 Å². The summed E-state index contributed by atoms with van der Waals surface area (Å²) in [6.45, 7) is 15.8. The van der Waals surface area contributed by atoms with Gasteiger partial charge in [-0.15, -0.1) is 0 Å². The molecule has 1 aromatic rings. The second-order valence-electron chi connectivity index (χ2n) is 10.3. The molecule has 1 fully saturated rings. The van der Waals surface area contributed by atoms with Gasteiger partial charge >= 0.3 is 0 Å². The summed E-state index contributed by atoms with van der Waals surface area (Å²) in [5.41, 5.74) is 3.53. The smallest absolute Gasteiger partial charge is 0.150 e. The lowest BCUT2D eigenvalue weighted by Crippen LogP contribution is -2.48. The van der Waals surface area contributed by atoms with Gasteiger partial charge in [-0.1, -0.05) is 58.8 Å². The fourth-order valence-electron chi connectivity index (χ4n) is 6.14. The Morgan fingerprint density at radius 1 is 1.08 bits per heavy atom. The van der Waals surface area contributed by atoms with Crippen LogP contribution in [0.1, 0.15) is 91.2 Å². The molecule has 2 atom stereocenters. The Morgan fingerprint density at radius 2 is 1.77 bits per heavy atom. The van der Waals surface area contributed by atoms with Crippen LogP contribution in [0.5, 0.6) is 0 Å². The van der Waals surface area contributed by atoms with Crippen LogP contribution >= 0.6 is 0 Å². The summed E-state index contributed by atoms with van der Waals surface area (Å²) in [4.78, 5) is 6.28. The predicted molar refractivity (Wildman–Crippen MR) is 103 cm³/mol. The first kappa shape index (κ1) is 18.1. The number of oxime groups is 1. The van der Waals surface area contributed by atoms with Crippen LogP contribution in [0.4, 0.5) is 0 Å². The van der Waals surface area contributed by atoms with Crippen molar-refractivity contribution >= 4 is 5.71 Å². The second kappa shape index (κ2) is 5.59. The molecule has 4 nitrogen and oxygen atoms in total. The molecule has 3 aliphatic rings. The fraction of sp³-hybridized carbons (Fsp3) is 0.818. The van der Waals surface area contributed by atoms with Crippen molar-refractivity contribution in [2.75, 3.05) is 0 Å². The predicted octanol–water partition coefficient (Wildman–Crippen LogP) is 5.39. The van der Waals surface area contributed by atoms with E-state index in [1.807, 2.05) is 0 Å². The first-order chi connectivity index (χ1) is 12.1. The molecule has 1 aromatic heterocycles. The Labute approximate surface area is 157 Å². The zero-order valence-electron chi connectivity index (χ0n) is 17.5. The molecule has 0 unspecified atom stereocenters. The van der Waals surface area contributed by atoms with E-state index in [1.54, 1.807) is 0 Å². The minimum atomic E-state index is -0.174. The Hall–Kier alpha value is -1.32. The summed E-state index contributed by atoms with van der Waals surface area (Å²) in [5.74, 6) is 2.35. The van der Waals surface area contributed by atoms with Gasteiger partial charge in [0.05, 0.1) is 16.8 Å². The Kier molecular flexibility index (Phi) is 3.88. The van der Waals surface area contributed by atoms with E-state index >= 15 is 0 Å². The van der Waals surface area contributed by atoms with Crippen LogP contribution in [0.25, 0.3) is 0 Å². The Morgan fingerprint density at radius 3 is 2.38 bits per heavy atom. The largest absolute Gasteiger partial charge is 0.388 e.